The van der Waals surface area contributed by atoms with Crippen molar-refractivity contribution >= 4 is 17.8 Å². The van der Waals surface area contributed by atoms with Crippen molar-refractivity contribution in [2.45, 2.75) is 19.9 Å². The molecular formula is C12H18N2OS. The second kappa shape index (κ2) is 9.00. The van der Waals surface area contributed by atoms with E-state index in [4.69, 9.17) is 12.8 Å². The second-order valence-electron chi connectivity index (χ2n) is 3.55. The van der Waals surface area contributed by atoms with Crippen LogP contribution in [0, 0.1) is 30.6 Å². The number of hydrogen-bond acceptors (Lipinski definition) is 2. The van der Waals surface area contributed by atoms with Crippen molar-refractivity contribution < 1.29 is 4.79 Å². The molecule has 0 saturated carbocycles. The average molecular weight is 238 g/mol. The van der Waals surface area contributed by atoms with E-state index in [1.807, 2.05) is 13.8 Å². The standard InChI is InChI=1S/C12H18N2OS/c1-5-8-16-9-7-13-12(15)14-11(6-2)10(3)4/h1-2,10-11H,7-9H2,3-4H3,(H2,13,14,15)/t11-/m0/s1. The summed E-state index contributed by atoms with van der Waals surface area (Å²) in [6.07, 6.45) is 10.4. The van der Waals surface area contributed by atoms with E-state index in [0.717, 1.165) is 5.75 Å². The van der Waals surface area contributed by atoms with E-state index >= 15 is 0 Å². The first kappa shape index (κ1) is 14.7. The van der Waals surface area contributed by atoms with E-state index in [1.54, 1.807) is 11.8 Å². The number of carbonyl (C=O) groups excluding carboxylic acids is 1. The van der Waals surface area contributed by atoms with Gasteiger partial charge in [0.2, 0.25) is 0 Å². The van der Waals surface area contributed by atoms with Gasteiger partial charge < -0.3 is 10.6 Å². The summed E-state index contributed by atoms with van der Waals surface area (Å²) in [5, 5.41) is 5.45. The van der Waals surface area contributed by atoms with Gasteiger partial charge in [-0.1, -0.05) is 25.7 Å². The predicted octanol–water partition coefficient (Wildman–Crippen LogP) is 1.31. The maximum Gasteiger partial charge on any atom is 0.315 e. The zero-order valence-corrected chi connectivity index (χ0v) is 10.6. The lowest BCUT2D eigenvalue weighted by atomic mass is 10.1. The molecule has 0 rings (SSSR count). The van der Waals surface area contributed by atoms with Crippen LogP contribution in [-0.2, 0) is 0 Å². The molecule has 0 saturated heterocycles. The highest BCUT2D eigenvalue weighted by Gasteiger charge is 2.12. The van der Waals surface area contributed by atoms with Gasteiger partial charge in [-0.05, 0) is 5.92 Å². The minimum absolute atomic E-state index is 0.224. The molecule has 0 unspecified atom stereocenters. The molecule has 0 fully saturated rings. The maximum atomic E-state index is 11.4. The van der Waals surface area contributed by atoms with Crippen molar-refractivity contribution in [3.8, 4) is 24.7 Å². The fourth-order valence-corrected chi connectivity index (χ4v) is 1.47. The van der Waals surface area contributed by atoms with Crippen molar-refractivity contribution in [2.24, 2.45) is 5.92 Å². The number of thioether (sulfide) groups is 1. The zero-order valence-electron chi connectivity index (χ0n) is 9.75. The van der Waals surface area contributed by atoms with Crippen LogP contribution < -0.4 is 10.6 Å². The highest BCUT2D eigenvalue weighted by atomic mass is 32.2. The summed E-state index contributed by atoms with van der Waals surface area (Å²) >= 11 is 1.61. The number of rotatable bonds is 6. The molecule has 0 aromatic rings. The van der Waals surface area contributed by atoms with E-state index in [9.17, 15) is 4.79 Å². The first-order valence-corrected chi connectivity index (χ1v) is 6.29. The molecule has 0 spiro atoms. The van der Waals surface area contributed by atoms with Gasteiger partial charge in [-0.15, -0.1) is 24.6 Å². The van der Waals surface area contributed by atoms with Crippen LogP contribution in [-0.4, -0.2) is 30.1 Å². The Morgan fingerprint density at radius 3 is 2.62 bits per heavy atom. The van der Waals surface area contributed by atoms with Crippen molar-refractivity contribution in [3.05, 3.63) is 0 Å². The van der Waals surface area contributed by atoms with Gasteiger partial charge in [0.05, 0.1) is 11.8 Å². The summed E-state index contributed by atoms with van der Waals surface area (Å²) in [6, 6.07) is -0.448. The van der Waals surface area contributed by atoms with Gasteiger partial charge in [0.15, 0.2) is 0 Å². The van der Waals surface area contributed by atoms with E-state index in [-0.39, 0.29) is 18.0 Å². The lowest BCUT2D eigenvalue weighted by Gasteiger charge is -2.16. The van der Waals surface area contributed by atoms with Gasteiger partial charge in [-0.3, -0.25) is 0 Å². The van der Waals surface area contributed by atoms with Crippen LogP contribution in [0.25, 0.3) is 0 Å². The van der Waals surface area contributed by atoms with Crippen molar-refractivity contribution in [1.82, 2.24) is 10.6 Å². The molecule has 1 atom stereocenters. The minimum Gasteiger partial charge on any atom is -0.337 e. The van der Waals surface area contributed by atoms with E-state index in [0.29, 0.717) is 12.3 Å². The molecule has 0 aliphatic carbocycles. The third-order valence-corrected chi connectivity index (χ3v) is 2.71. The molecule has 0 bridgehead atoms. The van der Waals surface area contributed by atoms with Gasteiger partial charge in [0.25, 0.3) is 0 Å². The Hall–Kier alpha value is -1.26. The normalized spacial score (nSPS) is 11.3. The number of amides is 2. The van der Waals surface area contributed by atoms with Crippen molar-refractivity contribution in [3.63, 3.8) is 0 Å². The lowest BCUT2D eigenvalue weighted by molar-refractivity contribution is 0.237. The topological polar surface area (TPSA) is 41.1 Å². The first-order chi connectivity index (χ1) is 7.61. The van der Waals surface area contributed by atoms with Crippen LogP contribution in [0.2, 0.25) is 0 Å². The third kappa shape index (κ3) is 7.09. The van der Waals surface area contributed by atoms with Gasteiger partial charge in [0.1, 0.15) is 0 Å². The summed E-state index contributed by atoms with van der Waals surface area (Å²) < 4.78 is 0. The van der Waals surface area contributed by atoms with Crippen molar-refractivity contribution in [2.75, 3.05) is 18.1 Å². The molecule has 0 radical (unpaired) electrons. The Morgan fingerprint density at radius 2 is 2.12 bits per heavy atom. The number of nitrogens with one attached hydrogen (secondary N) is 2. The minimum atomic E-state index is -0.224. The van der Waals surface area contributed by atoms with Gasteiger partial charge in [-0.25, -0.2) is 4.79 Å². The van der Waals surface area contributed by atoms with E-state index in [1.165, 1.54) is 0 Å². The van der Waals surface area contributed by atoms with Crippen LogP contribution in [0.15, 0.2) is 0 Å². The zero-order chi connectivity index (χ0) is 12.4. The summed E-state index contributed by atoms with van der Waals surface area (Å²) in [6.45, 7) is 4.52. The van der Waals surface area contributed by atoms with Crippen LogP contribution in [0.4, 0.5) is 4.79 Å². The Morgan fingerprint density at radius 1 is 1.44 bits per heavy atom. The van der Waals surface area contributed by atoms with Crippen molar-refractivity contribution in [1.29, 1.82) is 0 Å². The molecular weight excluding hydrogens is 220 g/mol. The third-order valence-electron chi connectivity index (χ3n) is 1.85. The predicted molar refractivity (Wildman–Crippen MR) is 70.2 cm³/mol. The van der Waals surface area contributed by atoms with E-state index in [2.05, 4.69) is 22.5 Å². The Balaban J connectivity index is 3.67. The van der Waals surface area contributed by atoms with Gasteiger partial charge in [0, 0.05) is 12.3 Å². The molecule has 0 aromatic carbocycles. The monoisotopic (exact) mass is 238 g/mol. The fourth-order valence-electron chi connectivity index (χ4n) is 0.961. The fraction of sp³-hybridized carbons (Fsp3) is 0.583. The summed E-state index contributed by atoms with van der Waals surface area (Å²) in [5.41, 5.74) is 0. The molecule has 3 nitrogen and oxygen atoms in total. The quantitative estimate of drug-likeness (QED) is 0.541. The van der Waals surface area contributed by atoms with Crippen LogP contribution in [0.3, 0.4) is 0 Å². The lowest BCUT2D eigenvalue weighted by Crippen LogP contribution is -2.44. The van der Waals surface area contributed by atoms with Crippen LogP contribution >= 0.6 is 11.8 Å². The molecule has 0 aliphatic rings. The smallest absolute Gasteiger partial charge is 0.315 e. The molecule has 88 valence electrons. The molecule has 0 aliphatic heterocycles. The number of carbonyl (C=O) groups is 1. The Bertz CT molecular complexity index is 288. The number of hydrogen-bond donors (Lipinski definition) is 2. The molecule has 16 heavy (non-hydrogen) atoms. The summed E-state index contributed by atoms with van der Waals surface area (Å²) in [5.74, 6) is 6.76. The Labute approximate surface area is 102 Å². The van der Waals surface area contributed by atoms with E-state index < -0.39 is 0 Å². The summed E-state index contributed by atoms with van der Waals surface area (Å²) in [4.78, 5) is 11.4. The molecule has 2 amide bonds. The largest absolute Gasteiger partial charge is 0.337 e. The number of urea groups is 1. The van der Waals surface area contributed by atoms with Crippen LogP contribution in [0.1, 0.15) is 13.8 Å². The number of terminal acetylenes is 2. The molecule has 2 N–H and O–H groups in total. The highest BCUT2D eigenvalue weighted by Crippen LogP contribution is 1.99. The SMILES string of the molecule is C#CCSCCNC(=O)N[C@@H](C#C)C(C)C. The highest BCUT2D eigenvalue weighted by molar-refractivity contribution is 7.99. The first-order valence-electron chi connectivity index (χ1n) is 5.13. The average Bonchev–Trinajstić information content (AvgIpc) is 2.25. The van der Waals surface area contributed by atoms with Gasteiger partial charge in [-0.2, -0.15) is 0 Å². The van der Waals surface area contributed by atoms with Crippen LogP contribution in [0.5, 0.6) is 0 Å². The molecule has 0 heterocycles. The van der Waals surface area contributed by atoms with Gasteiger partial charge >= 0.3 is 6.03 Å². The second-order valence-corrected chi connectivity index (χ2v) is 4.65. The Kier molecular flexibility index (Phi) is 8.29. The summed E-state index contributed by atoms with van der Waals surface area (Å²) in [7, 11) is 0. The molecule has 0 aromatic heterocycles. The molecule has 4 heteroatoms. The maximum absolute atomic E-state index is 11.4.